The van der Waals surface area contributed by atoms with Gasteiger partial charge in [-0.2, -0.15) is 5.26 Å². The Morgan fingerprint density at radius 1 is 1.00 bits per heavy atom. The van der Waals surface area contributed by atoms with Crippen LogP contribution in [0.15, 0.2) is 30.3 Å². The third-order valence-electron chi connectivity index (χ3n) is 5.19. The van der Waals surface area contributed by atoms with Gasteiger partial charge in [0, 0.05) is 12.8 Å². The highest BCUT2D eigenvalue weighted by Crippen LogP contribution is 2.28. The summed E-state index contributed by atoms with van der Waals surface area (Å²) in [5.74, 6) is 0. The average molecular weight is 425 g/mol. The van der Waals surface area contributed by atoms with Crippen LogP contribution in [0.3, 0.4) is 0 Å². The molecule has 1 aromatic carbocycles. The summed E-state index contributed by atoms with van der Waals surface area (Å²) in [4.78, 5) is 0. The fourth-order valence-corrected chi connectivity index (χ4v) is 3.46. The molecule has 1 aromatic rings. The van der Waals surface area contributed by atoms with Crippen molar-refractivity contribution in [3.63, 3.8) is 0 Å². The number of rotatable bonds is 7. The van der Waals surface area contributed by atoms with Gasteiger partial charge in [-0.25, -0.2) is 0 Å². The molecular formula is C20H27NO9. The fraction of sp³-hybridized carbons (Fsp3) is 0.650. The van der Waals surface area contributed by atoms with Crippen LogP contribution in [-0.2, 0) is 18.9 Å². The Morgan fingerprint density at radius 2 is 1.73 bits per heavy atom. The van der Waals surface area contributed by atoms with Gasteiger partial charge in [-0.15, -0.1) is 0 Å². The Kier molecular flexibility index (Phi) is 8.13. The van der Waals surface area contributed by atoms with Gasteiger partial charge >= 0.3 is 0 Å². The minimum Gasteiger partial charge on any atom is -0.394 e. The minimum absolute atomic E-state index is 0.0203. The van der Waals surface area contributed by atoms with Crippen molar-refractivity contribution < 1.29 is 44.5 Å². The van der Waals surface area contributed by atoms with Crippen LogP contribution in [0.25, 0.3) is 0 Å². The minimum atomic E-state index is -1.22. The van der Waals surface area contributed by atoms with Gasteiger partial charge < -0.3 is 44.5 Å². The van der Waals surface area contributed by atoms with Gasteiger partial charge in [-0.3, -0.25) is 0 Å². The molecule has 2 heterocycles. The first-order chi connectivity index (χ1) is 14.4. The molecule has 0 radical (unpaired) electrons. The van der Waals surface area contributed by atoms with E-state index in [9.17, 15) is 30.8 Å². The van der Waals surface area contributed by atoms with Gasteiger partial charge in [0.25, 0.3) is 0 Å². The van der Waals surface area contributed by atoms with Crippen molar-refractivity contribution in [1.82, 2.24) is 0 Å². The van der Waals surface area contributed by atoms with Crippen molar-refractivity contribution in [3.05, 3.63) is 35.9 Å². The number of hydrogen-bond acceptors (Lipinski definition) is 10. The maximum atomic E-state index is 10.2. The predicted octanol–water partition coefficient (Wildman–Crippen LogP) is -1.05. The lowest BCUT2D eigenvalue weighted by Gasteiger charge is -2.39. The van der Waals surface area contributed by atoms with Gasteiger partial charge in [0.15, 0.2) is 18.7 Å². The van der Waals surface area contributed by atoms with Crippen molar-refractivity contribution in [2.75, 3.05) is 13.2 Å². The molecule has 2 aliphatic heterocycles. The second-order valence-corrected chi connectivity index (χ2v) is 7.38. The summed E-state index contributed by atoms with van der Waals surface area (Å²) < 4.78 is 22.2. The normalized spacial score (nSPS) is 38.0. The highest BCUT2D eigenvalue weighted by Gasteiger charge is 2.41. The number of hydrogen-bond donors (Lipinski definition) is 5. The van der Waals surface area contributed by atoms with Crippen LogP contribution >= 0.6 is 0 Å². The van der Waals surface area contributed by atoms with Crippen molar-refractivity contribution >= 4 is 0 Å². The van der Waals surface area contributed by atoms with Gasteiger partial charge in [0.05, 0.1) is 31.5 Å². The summed E-state index contributed by atoms with van der Waals surface area (Å²) in [6.45, 7) is -0.639. The molecule has 0 amide bonds. The first-order valence-corrected chi connectivity index (χ1v) is 9.78. The molecule has 0 aliphatic carbocycles. The molecule has 9 unspecified atom stereocenters. The number of benzene rings is 1. The summed E-state index contributed by atoms with van der Waals surface area (Å²) in [7, 11) is 0. The quantitative estimate of drug-likeness (QED) is 0.364. The zero-order chi connectivity index (χ0) is 21.7. The molecule has 2 fully saturated rings. The van der Waals surface area contributed by atoms with Gasteiger partial charge in [0.1, 0.15) is 24.4 Å². The monoisotopic (exact) mass is 425 g/mol. The van der Waals surface area contributed by atoms with E-state index < -0.39 is 61.9 Å². The fourth-order valence-electron chi connectivity index (χ4n) is 3.46. The molecule has 30 heavy (non-hydrogen) atoms. The van der Waals surface area contributed by atoms with Crippen LogP contribution in [0.4, 0.5) is 0 Å². The smallest absolute Gasteiger partial charge is 0.186 e. The van der Waals surface area contributed by atoms with Crippen molar-refractivity contribution in [2.24, 2.45) is 0 Å². The number of ether oxygens (including phenoxy) is 4. The highest BCUT2D eigenvalue weighted by atomic mass is 16.7. The average Bonchev–Trinajstić information content (AvgIpc) is 2.75. The lowest BCUT2D eigenvalue weighted by Crippen LogP contribution is -2.53. The van der Waals surface area contributed by atoms with E-state index in [1.54, 1.807) is 30.3 Å². The molecule has 166 valence electrons. The molecule has 2 aliphatic rings. The molecule has 0 spiro atoms. The molecule has 2 saturated heterocycles. The summed E-state index contributed by atoms with van der Waals surface area (Å²) >= 11 is 0. The van der Waals surface area contributed by atoms with E-state index in [0.29, 0.717) is 5.56 Å². The van der Waals surface area contributed by atoms with E-state index in [4.69, 9.17) is 18.9 Å². The van der Waals surface area contributed by atoms with Crippen LogP contribution in [-0.4, -0.2) is 88.0 Å². The Labute approximate surface area is 173 Å². The van der Waals surface area contributed by atoms with E-state index in [1.807, 2.05) is 6.07 Å². The predicted molar refractivity (Wildman–Crippen MR) is 99.5 cm³/mol. The van der Waals surface area contributed by atoms with E-state index in [2.05, 4.69) is 0 Å². The Bertz CT molecular complexity index is 699. The van der Waals surface area contributed by atoms with Gasteiger partial charge in [-0.1, -0.05) is 30.3 Å². The van der Waals surface area contributed by atoms with Crippen LogP contribution in [0.1, 0.15) is 24.5 Å². The number of aliphatic hydroxyl groups is 5. The van der Waals surface area contributed by atoms with E-state index in [-0.39, 0.29) is 19.4 Å². The van der Waals surface area contributed by atoms with Crippen LogP contribution in [0, 0.1) is 11.3 Å². The molecule has 9 atom stereocenters. The molecule has 10 nitrogen and oxygen atoms in total. The maximum Gasteiger partial charge on any atom is 0.186 e. The molecule has 3 rings (SSSR count). The van der Waals surface area contributed by atoms with Crippen LogP contribution in [0.2, 0.25) is 0 Å². The highest BCUT2D eigenvalue weighted by molar-refractivity contribution is 5.22. The van der Waals surface area contributed by atoms with Gasteiger partial charge in [0.2, 0.25) is 0 Å². The topological polar surface area (TPSA) is 162 Å². The maximum absolute atomic E-state index is 10.2. The number of nitriles is 1. The zero-order valence-corrected chi connectivity index (χ0v) is 16.2. The van der Waals surface area contributed by atoms with Crippen molar-refractivity contribution in [3.8, 4) is 6.07 Å². The largest absolute Gasteiger partial charge is 0.394 e. The lowest BCUT2D eigenvalue weighted by molar-refractivity contribution is -0.301. The van der Waals surface area contributed by atoms with Gasteiger partial charge in [-0.05, 0) is 5.56 Å². The molecule has 10 heteroatoms. The first-order valence-electron chi connectivity index (χ1n) is 9.78. The standard InChI is InChI=1S/C20H27NO9/c21-8-15(11-4-2-1-3-5-11)29-20-14(25)6-12(23)17(30-20)10-27-18-7-13(24)19(26)16(9-22)28-18/h1-5,12-20,22-26H,6-7,9-10H2. The Morgan fingerprint density at radius 3 is 2.40 bits per heavy atom. The summed E-state index contributed by atoms with van der Waals surface area (Å²) in [6, 6.07) is 10.8. The third-order valence-corrected chi connectivity index (χ3v) is 5.19. The molecule has 0 bridgehead atoms. The number of aliphatic hydroxyl groups excluding tert-OH is 5. The van der Waals surface area contributed by atoms with Crippen LogP contribution < -0.4 is 0 Å². The second kappa shape index (κ2) is 10.6. The summed E-state index contributed by atoms with van der Waals surface area (Å²) in [6.07, 6.45) is -9.52. The van der Waals surface area contributed by atoms with E-state index in [0.717, 1.165) is 0 Å². The SMILES string of the molecule is N#CC(OC1OC(COC2CC(O)C(O)C(CO)O2)C(O)CC1O)c1ccccc1. The van der Waals surface area contributed by atoms with Crippen molar-refractivity contribution in [2.45, 2.75) is 68.1 Å². The van der Waals surface area contributed by atoms with Crippen molar-refractivity contribution in [1.29, 1.82) is 5.26 Å². The molecular weight excluding hydrogens is 398 g/mol. The third kappa shape index (κ3) is 5.53. The molecule has 5 N–H and O–H groups in total. The Balaban J connectivity index is 1.57. The number of nitrogens with zero attached hydrogens (tertiary/aromatic N) is 1. The Hall–Kier alpha value is -1.65. The summed E-state index contributed by atoms with van der Waals surface area (Å²) in [5.41, 5.74) is 0.605. The van der Waals surface area contributed by atoms with E-state index >= 15 is 0 Å². The van der Waals surface area contributed by atoms with E-state index in [1.165, 1.54) is 0 Å². The lowest BCUT2D eigenvalue weighted by atomic mass is 10.0. The molecule has 0 saturated carbocycles. The zero-order valence-electron chi connectivity index (χ0n) is 16.2. The first kappa shape index (κ1) is 23.0. The summed E-state index contributed by atoms with van der Waals surface area (Å²) in [5, 5.41) is 58.7. The van der Waals surface area contributed by atoms with Crippen LogP contribution in [0.5, 0.6) is 0 Å². The molecule has 0 aromatic heterocycles. The second-order valence-electron chi connectivity index (χ2n) is 7.38.